The van der Waals surface area contributed by atoms with Gasteiger partial charge in [-0.2, -0.15) is 0 Å². The lowest BCUT2D eigenvalue weighted by Crippen LogP contribution is -2.35. The molecule has 2 heterocycles. The number of likely N-dealkylation sites (N-methyl/N-ethyl adjacent to an activating group) is 1. The molecule has 0 aliphatic carbocycles. The van der Waals surface area contributed by atoms with Gasteiger partial charge in [0.05, 0.1) is 13.2 Å². The van der Waals surface area contributed by atoms with Gasteiger partial charge in [-0.15, -0.1) is 0 Å². The van der Waals surface area contributed by atoms with Gasteiger partial charge in [0.2, 0.25) is 5.91 Å². The van der Waals surface area contributed by atoms with Crippen LogP contribution in [0.2, 0.25) is 0 Å². The maximum Gasteiger partial charge on any atom is 0.269 e. The van der Waals surface area contributed by atoms with Crippen molar-refractivity contribution in [2.75, 3.05) is 45.6 Å². The molecule has 0 radical (unpaired) electrons. The molecule has 196 valence electrons. The lowest BCUT2D eigenvalue weighted by Gasteiger charge is -2.16. The van der Waals surface area contributed by atoms with Gasteiger partial charge in [0.25, 0.3) is 5.91 Å². The number of benzene rings is 1. The van der Waals surface area contributed by atoms with E-state index in [1.165, 1.54) is 0 Å². The molecule has 0 bridgehead atoms. The topological polar surface area (TPSA) is 151 Å². The second kappa shape index (κ2) is 13.9. The van der Waals surface area contributed by atoms with E-state index in [1.54, 1.807) is 42.7 Å². The molecule has 6 N–H and O–H groups in total. The third kappa shape index (κ3) is 7.73. The van der Waals surface area contributed by atoms with Crippen molar-refractivity contribution in [2.24, 2.45) is 0 Å². The van der Waals surface area contributed by atoms with Crippen molar-refractivity contribution in [3.63, 3.8) is 0 Å². The van der Waals surface area contributed by atoms with Crippen LogP contribution in [0.25, 0.3) is 22.3 Å². The molecule has 0 unspecified atom stereocenters. The van der Waals surface area contributed by atoms with Crippen LogP contribution in [0.15, 0.2) is 48.8 Å². The highest BCUT2D eigenvalue weighted by Crippen LogP contribution is 2.36. The van der Waals surface area contributed by atoms with Crippen molar-refractivity contribution in [1.29, 1.82) is 0 Å². The van der Waals surface area contributed by atoms with Crippen molar-refractivity contribution in [1.82, 2.24) is 25.9 Å². The first-order chi connectivity index (χ1) is 17.9. The third-order valence-electron chi connectivity index (χ3n) is 5.74. The predicted octanol–water partition coefficient (Wildman–Crippen LogP) is 2.13. The highest BCUT2D eigenvalue weighted by atomic mass is 16.5. The highest BCUT2D eigenvalue weighted by molar-refractivity contribution is 5.93. The van der Waals surface area contributed by atoms with Crippen LogP contribution < -0.4 is 21.7 Å². The van der Waals surface area contributed by atoms with E-state index in [1.807, 2.05) is 20.0 Å². The normalized spacial score (nSPS) is 10.8. The van der Waals surface area contributed by atoms with Crippen LogP contribution in [-0.4, -0.2) is 66.8 Å². The Bertz CT molecular complexity index is 1180. The molecular formula is C27H34N6O4. The van der Waals surface area contributed by atoms with Gasteiger partial charge in [-0.1, -0.05) is 25.1 Å². The fraction of sp³-hybridized carbons (Fsp3) is 0.333. The summed E-state index contributed by atoms with van der Waals surface area (Å²) in [7, 11) is 1.84. The van der Waals surface area contributed by atoms with Crippen molar-refractivity contribution < 1.29 is 19.4 Å². The zero-order valence-electron chi connectivity index (χ0n) is 21.2. The maximum atomic E-state index is 12.5. The summed E-state index contributed by atoms with van der Waals surface area (Å²) in [5.41, 5.74) is 10.8. The minimum atomic E-state index is -0.327. The molecule has 10 nitrogen and oxygen atoms in total. The number of nitrogens with one attached hydrogen (secondary N) is 3. The number of nitrogen functional groups attached to an aromatic ring is 1. The number of nitrogens with two attached hydrogens (primary N) is 1. The summed E-state index contributed by atoms with van der Waals surface area (Å²) in [5, 5.41) is 18.1. The first kappa shape index (κ1) is 27.6. The Kier molecular flexibility index (Phi) is 10.4. The van der Waals surface area contributed by atoms with Gasteiger partial charge >= 0.3 is 0 Å². The van der Waals surface area contributed by atoms with E-state index in [2.05, 4.69) is 25.9 Å². The molecule has 3 aromatic rings. The minimum absolute atomic E-state index is 0.128. The monoisotopic (exact) mass is 506 g/mol. The standard InChI is InChI=1S/C27H34N6O4/c1-3-21-22(17-33-26(28)25(21)18-4-7-20(34)8-5-18)19-6-9-23(32-16-19)27(36)31-12-11-30-24(35)10-14-37-15-13-29-2/h4-9,16-17,29,34H,3,10-15H2,1-2H3,(H2,28,33)(H,30,35)(H,31,36). The van der Waals surface area contributed by atoms with Crippen LogP contribution in [0.4, 0.5) is 5.82 Å². The predicted molar refractivity (Wildman–Crippen MR) is 143 cm³/mol. The van der Waals surface area contributed by atoms with E-state index in [4.69, 9.17) is 10.5 Å². The Morgan fingerprint density at radius 3 is 2.35 bits per heavy atom. The summed E-state index contributed by atoms with van der Waals surface area (Å²) >= 11 is 0. The number of hydrogen-bond acceptors (Lipinski definition) is 8. The largest absolute Gasteiger partial charge is 0.508 e. The molecule has 0 spiro atoms. The fourth-order valence-corrected chi connectivity index (χ4v) is 3.82. The van der Waals surface area contributed by atoms with Crippen molar-refractivity contribution in [3.05, 3.63) is 60.0 Å². The summed E-state index contributed by atoms with van der Waals surface area (Å²) in [4.78, 5) is 33.0. The van der Waals surface area contributed by atoms with Crippen LogP contribution >= 0.6 is 0 Å². The number of amides is 2. The Hall–Kier alpha value is -4.02. The molecule has 2 amide bonds. The van der Waals surface area contributed by atoms with Crippen LogP contribution in [0.5, 0.6) is 5.75 Å². The zero-order chi connectivity index (χ0) is 26.6. The summed E-state index contributed by atoms with van der Waals surface area (Å²) < 4.78 is 5.32. The quantitative estimate of drug-likeness (QED) is 0.221. The molecule has 0 atom stereocenters. The molecule has 0 aliphatic heterocycles. The summed E-state index contributed by atoms with van der Waals surface area (Å²) in [6.07, 6.45) is 4.32. The van der Waals surface area contributed by atoms with Crippen LogP contribution in [-0.2, 0) is 16.0 Å². The number of pyridine rings is 2. The van der Waals surface area contributed by atoms with Crippen LogP contribution in [0.1, 0.15) is 29.4 Å². The number of nitrogens with zero attached hydrogens (tertiary/aromatic N) is 2. The summed E-state index contributed by atoms with van der Waals surface area (Å²) in [5.74, 6) is 0.128. The van der Waals surface area contributed by atoms with Gasteiger partial charge in [0.1, 0.15) is 17.3 Å². The van der Waals surface area contributed by atoms with Gasteiger partial charge in [-0.3, -0.25) is 14.6 Å². The second-order valence-corrected chi connectivity index (χ2v) is 8.31. The molecule has 3 rings (SSSR count). The van der Waals surface area contributed by atoms with Crippen molar-refractivity contribution in [2.45, 2.75) is 19.8 Å². The number of ether oxygens (including phenoxy) is 1. The number of aromatic nitrogens is 2. The van der Waals surface area contributed by atoms with Gasteiger partial charge in [-0.05, 0) is 42.8 Å². The Morgan fingerprint density at radius 2 is 1.68 bits per heavy atom. The molecule has 0 saturated heterocycles. The van der Waals surface area contributed by atoms with Gasteiger partial charge in [0, 0.05) is 55.1 Å². The summed E-state index contributed by atoms with van der Waals surface area (Å²) in [6, 6.07) is 10.3. The Balaban J connectivity index is 1.59. The second-order valence-electron chi connectivity index (χ2n) is 8.31. The smallest absolute Gasteiger partial charge is 0.269 e. The van der Waals surface area contributed by atoms with Gasteiger partial charge in [-0.25, -0.2) is 4.98 Å². The molecule has 0 aliphatic rings. The van der Waals surface area contributed by atoms with Crippen molar-refractivity contribution >= 4 is 17.6 Å². The first-order valence-electron chi connectivity index (χ1n) is 12.2. The average Bonchev–Trinajstić information content (AvgIpc) is 2.91. The van der Waals surface area contributed by atoms with Gasteiger partial charge < -0.3 is 31.5 Å². The molecule has 0 saturated carbocycles. The number of hydrogen-bond donors (Lipinski definition) is 5. The van der Waals surface area contributed by atoms with Crippen molar-refractivity contribution in [3.8, 4) is 28.0 Å². The SMILES string of the molecule is CCc1c(-c2ccc(C(=O)NCCNC(=O)CCOCCNC)nc2)cnc(N)c1-c1ccc(O)cc1. The Morgan fingerprint density at radius 1 is 0.946 bits per heavy atom. The van der Waals surface area contributed by atoms with Crippen LogP contribution in [0, 0.1) is 0 Å². The average molecular weight is 507 g/mol. The maximum absolute atomic E-state index is 12.5. The van der Waals surface area contributed by atoms with E-state index >= 15 is 0 Å². The number of rotatable bonds is 13. The number of phenolic OH excluding ortho intramolecular Hbond substituents is 1. The molecule has 0 fully saturated rings. The Labute approximate surface area is 216 Å². The lowest BCUT2D eigenvalue weighted by atomic mass is 9.92. The molecule has 1 aromatic carbocycles. The number of phenols is 1. The summed E-state index contributed by atoms with van der Waals surface area (Å²) in [6.45, 7) is 4.28. The first-order valence-corrected chi connectivity index (χ1v) is 12.2. The van der Waals surface area contributed by atoms with E-state index in [0.29, 0.717) is 32.0 Å². The molecular weight excluding hydrogens is 472 g/mol. The zero-order valence-corrected chi connectivity index (χ0v) is 21.2. The number of carbonyl (C=O) groups excluding carboxylic acids is 2. The molecule has 2 aromatic heterocycles. The third-order valence-corrected chi connectivity index (χ3v) is 5.74. The van der Waals surface area contributed by atoms with E-state index < -0.39 is 0 Å². The van der Waals surface area contributed by atoms with E-state index in [0.717, 1.165) is 34.4 Å². The number of carbonyl (C=O) groups is 2. The number of anilines is 1. The van der Waals surface area contributed by atoms with E-state index in [9.17, 15) is 14.7 Å². The van der Waals surface area contributed by atoms with Crippen LogP contribution in [0.3, 0.4) is 0 Å². The highest BCUT2D eigenvalue weighted by Gasteiger charge is 2.16. The minimum Gasteiger partial charge on any atom is -0.508 e. The molecule has 10 heteroatoms. The fourth-order valence-electron chi connectivity index (χ4n) is 3.82. The van der Waals surface area contributed by atoms with Gasteiger partial charge in [0.15, 0.2) is 0 Å². The molecule has 37 heavy (non-hydrogen) atoms. The number of aromatic hydroxyl groups is 1. The lowest BCUT2D eigenvalue weighted by molar-refractivity contribution is -0.122. The van der Waals surface area contributed by atoms with E-state index in [-0.39, 0.29) is 36.2 Å².